The Kier molecular flexibility index (Phi) is 6.52. The third-order valence-electron chi connectivity index (χ3n) is 3.99. The molecule has 1 aromatic rings. The van der Waals surface area contributed by atoms with E-state index in [-0.39, 0.29) is 0 Å². The van der Waals surface area contributed by atoms with Crippen molar-refractivity contribution in [2.75, 3.05) is 31.7 Å². The summed E-state index contributed by atoms with van der Waals surface area (Å²) < 4.78 is 6.44. The molecule has 0 heterocycles. The van der Waals surface area contributed by atoms with E-state index in [1.807, 2.05) is 0 Å². The van der Waals surface area contributed by atoms with Crippen molar-refractivity contribution in [3.05, 3.63) is 28.2 Å². The molecular weight excluding hydrogens is 328 g/mol. The van der Waals surface area contributed by atoms with Gasteiger partial charge in [0, 0.05) is 35.9 Å². The van der Waals surface area contributed by atoms with Gasteiger partial charge in [-0.25, -0.2) is 0 Å². The van der Waals surface area contributed by atoms with Gasteiger partial charge in [0.25, 0.3) is 0 Å². The zero-order valence-electron chi connectivity index (χ0n) is 13.4. The SMILES string of the molecule is CCCNC(C)c1ccc(Br)cc1N(CCOC)C1CC1. The highest BCUT2D eigenvalue weighted by molar-refractivity contribution is 9.10. The molecule has 1 aliphatic rings. The minimum Gasteiger partial charge on any atom is -0.383 e. The predicted molar refractivity (Wildman–Crippen MR) is 93.1 cm³/mol. The molecule has 1 aliphatic carbocycles. The van der Waals surface area contributed by atoms with E-state index in [9.17, 15) is 0 Å². The van der Waals surface area contributed by atoms with Gasteiger partial charge in [0.05, 0.1) is 6.61 Å². The lowest BCUT2D eigenvalue weighted by atomic mass is 10.0. The van der Waals surface area contributed by atoms with Gasteiger partial charge in [-0.2, -0.15) is 0 Å². The van der Waals surface area contributed by atoms with Crippen LogP contribution in [0.5, 0.6) is 0 Å². The van der Waals surface area contributed by atoms with Gasteiger partial charge in [-0.15, -0.1) is 0 Å². The molecule has 0 saturated heterocycles. The minimum absolute atomic E-state index is 0.372. The topological polar surface area (TPSA) is 24.5 Å². The smallest absolute Gasteiger partial charge is 0.0637 e. The van der Waals surface area contributed by atoms with Crippen molar-refractivity contribution < 1.29 is 4.74 Å². The number of ether oxygens (including phenoxy) is 1. The summed E-state index contributed by atoms with van der Waals surface area (Å²) in [7, 11) is 1.78. The van der Waals surface area contributed by atoms with Crippen molar-refractivity contribution in [1.82, 2.24) is 5.32 Å². The fraction of sp³-hybridized carbons (Fsp3) is 0.647. The van der Waals surface area contributed by atoms with Gasteiger partial charge in [-0.3, -0.25) is 0 Å². The molecule has 118 valence electrons. The molecule has 0 aliphatic heterocycles. The third kappa shape index (κ3) is 4.70. The van der Waals surface area contributed by atoms with Crippen LogP contribution in [0.2, 0.25) is 0 Å². The minimum atomic E-state index is 0.372. The predicted octanol–water partition coefficient (Wildman–Crippen LogP) is 4.12. The summed E-state index contributed by atoms with van der Waals surface area (Å²) in [6.45, 7) is 7.25. The number of nitrogens with one attached hydrogen (secondary N) is 1. The second kappa shape index (κ2) is 8.16. The highest BCUT2D eigenvalue weighted by Crippen LogP contribution is 2.37. The Bertz CT molecular complexity index is 448. The van der Waals surface area contributed by atoms with Crippen LogP contribution in [0, 0.1) is 0 Å². The molecule has 1 N–H and O–H groups in total. The molecule has 3 nitrogen and oxygen atoms in total. The van der Waals surface area contributed by atoms with Gasteiger partial charge >= 0.3 is 0 Å². The summed E-state index contributed by atoms with van der Waals surface area (Å²) in [5.74, 6) is 0. The first-order valence-electron chi connectivity index (χ1n) is 7.95. The van der Waals surface area contributed by atoms with Gasteiger partial charge in [0.1, 0.15) is 0 Å². The Hall–Kier alpha value is -0.580. The second-order valence-electron chi connectivity index (χ2n) is 5.80. The lowest BCUT2D eigenvalue weighted by Gasteiger charge is -2.29. The Balaban J connectivity index is 2.23. The normalized spacial score (nSPS) is 16.0. The Morgan fingerprint density at radius 3 is 2.81 bits per heavy atom. The van der Waals surface area contributed by atoms with Gasteiger partial charge < -0.3 is 15.0 Å². The number of methoxy groups -OCH3 is 1. The average Bonchev–Trinajstić information content (AvgIpc) is 3.30. The molecule has 4 heteroatoms. The number of benzene rings is 1. The zero-order chi connectivity index (χ0) is 15.2. The molecule has 0 bridgehead atoms. The molecule has 1 saturated carbocycles. The van der Waals surface area contributed by atoms with Gasteiger partial charge in [-0.05, 0) is 50.4 Å². The van der Waals surface area contributed by atoms with E-state index in [1.54, 1.807) is 7.11 Å². The van der Waals surface area contributed by atoms with Crippen LogP contribution in [0.3, 0.4) is 0 Å². The fourth-order valence-corrected chi connectivity index (χ4v) is 3.03. The van der Waals surface area contributed by atoms with Crippen LogP contribution in [-0.4, -0.2) is 32.8 Å². The first kappa shape index (κ1) is 16.8. The van der Waals surface area contributed by atoms with E-state index in [0.29, 0.717) is 12.1 Å². The van der Waals surface area contributed by atoms with Gasteiger partial charge in [-0.1, -0.05) is 28.9 Å². The zero-order valence-corrected chi connectivity index (χ0v) is 14.9. The van der Waals surface area contributed by atoms with E-state index in [1.165, 1.54) is 24.1 Å². The third-order valence-corrected chi connectivity index (χ3v) is 4.49. The van der Waals surface area contributed by atoms with Gasteiger partial charge in [0.2, 0.25) is 0 Å². The highest BCUT2D eigenvalue weighted by atomic mass is 79.9. The average molecular weight is 355 g/mol. The second-order valence-corrected chi connectivity index (χ2v) is 6.71. The molecule has 21 heavy (non-hydrogen) atoms. The Morgan fingerprint density at radius 2 is 2.19 bits per heavy atom. The van der Waals surface area contributed by atoms with Crippen LogP contribution >= 0.6 is 15.9 Å². The van der Waals surface area contributed by atoms with Crippen LogP contribution in [0.4, 0.5) is 5.69 Å². The number of hydrogen-bond acceptors (Lipinski definition) is 3. The molecule has 0 radical (unpaired) electrons. The lowest BCUT2D eigenvalue weighted by Crippen LogP contribution is -2.31. The van der Waals surface area contributed by atoms with Crippen molar-refractivity contribution in [1.29, 1.82) is 0 Å². The van der Waals surface area contributed by atoms with Crippen molar-refractivity contribution in [2.24, 2.45) is 0 Å². The Morgan fingerprint density at radius 1 is 1.43 bits per heavy atom. The number of nitrogens with zero attached hydrogens (tertiary/aromatic N) is 1. The van der Waals surface area contributed by atoms with Crippen molar-refractivity contribution in [2.45, 2.75) is 45.2 Å². The van der Waals surface area contributed by atoms with E-state index in [4.69, 9.17) is 4.74 Å². The molecular formula is C17H27BrN2O. The number of hydrogen-bond donors (Lipinski definition) is 1. The van der Waals surface area contributed by atoms with Crippen molar-refractivity contribution in [3.8, 4) is 0 Å². The Labute approximate surface area is 137 Å². The molecule has 2 rings (SSSR count). The van der Waals surface area contributed by atoms with Crippen LogP contribution in [0.15, 0.2) is 22.7 Å². The highest BCUT2D eigenvalue weighted by Gasteiger charge is 2.30. The molecule has 1 fully saturated rings. The molecule has 1 atom stereocenters. The maximum absolute atomic E-state index is 5.30. The quantitative estimate of drug-likeness (QED) is 0.721. The summed E-state index contributed by atoms with van der Waals surface area (Å²) in [6.07, 6.45) is 3.76. The maximum Gasteiger partial charge on any atom is 0.0637 e. The number of rotatable bonds is 9. The van der Waals surface area contributed by atoms with E-state index < -0.39 is 0 Å². The van der Waals surface area contributed by atoms with Gasteiger partial charge in [0.15, 0.2) is 0 Å². The van der Waals surface area contributed by atoms with Crippen molar-refractivity contribution in [3.63, 3.8) is 0 Å². The van der Waals surface area contributed by atoms with Crippen molar-refractivity contribution >= 4 is 21.6 Å². The molecule has 0 amide bonds. The molecule has 0 spiro atoms. The van der Waals surface area contributed by atoms with E-state index >= 15 is 0 Å². The standard InChI is InChI=1S/C17H27BrN2O/c1-4-9-19-13(2)16-8-5-14(18)12-17(16)20(10-11-21-3)15-6-7-15/h5,8,12-13,15,19H,4,6-7,9-11H2,1-3H3. The monoisotopic (exact) mass is 354 g/mol. The summed E-state index contributed by atoms with van der Waals surface area (Å²) in [5.41, 5.74) is 2.73. The lowest BCUT2D eigenvalue weighted by molar-refractivity contribution is 0.205. The van der Waals surface area contributed by atoms with E-state index in [2.05, 4.69) is 58.2 Å². The maximum atomic E-state index is 5.30. The molecule has 1 aromatic carbocycles. The number of anilines is 1. The van der Waals surface area contributed by atoms with E-state index in [0.717, 1.165) is 30.6 Å². The van der Waals surface area contributed by atoms with Crippen LogP contribution < -0.4 is 10.2 Å². The summed E-state index contributed by atoms with van der Waals surface area (Å²) in [4.78, 5) is 2.52. The van der Waals surface area contributed by atoms with Crippen LogP contribution in [-0.2, 0) is 4.74 Å². The number of halogens is 1. The van der Waals surface area contributed by atoms with Crippen LogP contribution in [0.1, 0.15) is 44.7 Å². The fourth-order valence-electron chi connectivity index (χ4n) is 2.68. The largest absolute Gasteiger partial charge is 0.383 e. The van der Waals surface area contributed by atoms with Crippen LogP contribution in [0.25, 0.3) is 0 Å². The molecule has 1 unspecified atom stereocenters. The summed E-state index contributed by atoms with van der Waals surface area (Å²) >= 11 is 3.63. The summed E-state index contributed by atoms with van der Waals surface area (Å²) in [6, 6.07) is 7.70. The molecule has 0 aromatic heterocycles. The first-order chi connectivity index (χ1) is 10.2. The first-order valence-corrected chi connectivity index (χ1v) is 8.75. The summed E-state index contributed by atoms with van der Waals surface area (Å²) in [5, 5.41) is 3.61.